The van der Waals surface area contributed by atoms with Gasteiger partial charge in [-0.2, -0.15) is 0 Å². The lowest BCUT2D eigenvalue weighted by molar-refractivity contribution is -0.141. The van der Waals surface area contributed by atoms with Crippen LogP contribution in [0.5, 0.6) is 0 Å². The van der Waals surface area contributed by atoms with Crippen molar-refractivity contribution >= 4 is 17.4 Å². The van der Waals surface area contributed by atoms with E-state index in [-0.39, 0.29) is 11.7 Å². The molecule has 0 bridgehead atoms. The number of hydrogen-bond donors (Lipinski definition) is 0. The van der Waals surface area contributed by atoms with Crippen LogP contribution in [0.25, 0.3) is 0 Å². The van der Waals surface area contributed by atoms with Crippen LogP contribution in [0.1, 0.15) is 46.5 Å². The van der Waals surface area contributed by atoms with E-state index in [9.17, 15) is 9.59 Å². The van der Waals surface area contributed by atoms with Crippen molar-refractivity contribution in [3.05, 3.63) is 119 Å². The molecule has 1 aromatic heterocycles. The highest BCUT2D eigenvalue weighted by atomic mass is 16.2. The van der Waals surface area contributed by atoms with Crippen LogP contribution >= 0.6 is 0 Å². The molecule has 0 radical (unpaired) electrons. The quantitative estimate of drug-likeness (QED) is 0.355. The Bertz CT molecular complexity index is 1400. The molecule has 0 N–H and O–H groups in total. The Morgan fingerprint density at radius 1 is 0.974 bits per heavy atom. The van der Waals surface area contributed by atoms with Crippen LogP contribution < -0.4 is 4.90 Å². The highest BCUT2D eigenvalue weighted by Crippen LogP contribution is 2.32. The second kappa shape index (κ2) is 10.7. The normalized spacial score (nSPS) is 14.9. The topological polar surface area (TPSA) is 58.4 Å². The minimum absolute atomic E-state index is 0.0113. The smallest absolute Gasteiger partial charge is 0.235 e. The third-order valence-electron chi connectivity index (χ3n) is 7.48. The van der Waals surface area contributed by atoms with Gasteiger partial charge in [0.25, 0.3) is 0 Å². The lowest BCUT2D eigenvalue weighted by Crippen LogP contribution is -2.50. The Balaban J connectivity index is 1.46. The van der Waals surface area contributed by atoms with Crippen molar-refractivity contribution in [3.8, 4) is 0 Å². The van der Waals surface area contributed by atoms with E-state index in [0.29, 0.717) is 19.5 Å². The number of fused-ring (bicyclic) bond motifs is 1. The van der Waals surface area contributed by atoms with Gasteiger partial charge in [-0.1, -0.05) is 72.8 Å². The van der Waals surface area contributed by atoms with Crippen LogP contribution in [0.15, 0.2) is 85.2 Å². The molecule has 6 nitrogen and oxygen atoms in total. The molecule has 5 rings (SSSR count). The van der Waals surface area contributed by atoms with Crippen LogP contribution in [0.4, 0.5) is 5.69 Å². The Hall–Kier alpha value is -4.19. The first kappa shape index (κ1) is 25.5. The largest absolute Gasteiger partial charge is 0.377 e. The predicted molar refractivity (Wildman–Crippen MR) is 150 cm³/mol. The van der Waals surface area contributed by atoms with E-state index in [1.165, 1.54) is 16.8 Å². The van der Waals surface area contributed by atoms with Crippen LogP contribution in [0.3, 0.4) is 0 Å². The van der Waals surface area contributed by atoms with E-state index < -0.39 is 12.0 Å². The van der Waals surface area contributed by atoms with Gasteiger partial charge in [-0.15, -0.1) is 0 Å². The molecule has 0 saturated heterocycles. The van der Waals surface area contributed by atoms with Crippen molar-refractivity contribution in [1.82, 2.24) is 14.5 Å². The van der Waals surface area contributed by atoms with E-state index in [0.717, 1.165) is 22.5 Å². The summed E-state index contributed by atoms with van der Waals surface area (Å²) < 4.78 is 2.13. The van der Waals surface area contributed by atoms with Crippen LogP contribution in [-0.4, -0.2) is 46.3 Å². The highest BCUT2D eigenvalue weighted by Gasteiger charge is 2.38. The molecule has 1 aliphatic heterocycles. The van der Waals surface area contributed by atoms with E-state index >= 15 is 0 Å². The summed E-state index contributed by atoms with van der Waals surface area (Å²) in [5.41, 5.74) is 7.31. The van der Waals surface area contributed by atoms with Gasteiger partial charge in [0, 0.05) is 38.4 Å². The monoisotopic (exact) mass is 506 g/mol. The van der Waals surface area contributed by atoms with Crippen molar-refractivity contribution in [2.75, 3.05) is 19.0 Å². The molecule has 1 unspecified atom stereocenters. The molecule has 1 amide bonds. The fraction of sp³-hybridized carbons (Fsp3) is 0.281. The number of aromatic nitrogens is 2. The fourth-order valence-electron chi connectivity index (χ4n) is 5.56. The summed E-state index contributed by atoms with van der Waals surface area (Å²) in [6, 6.07) is 25.6. The third kappa shape index (κ3) is 4.99. The van der Waals surface area contributed by atoms with E-state index in [4.69, 9.17) is 4.98 Å². The Morgan fingerprint density at radius 3 is 2.16 bits per heavy atom. The van der Waals surface area contributed by atoms with Crippen molar-refractivity contribution in [1.29, 1.82) is 0 Å². The number of rotatable bonds is 7. The minimum atomic E-state index is -0.529. The number of nitrogens with zero attached hydrogens (tertiary/aromatic N) is 4. The number of aryl methyl sites for hydroxylation is 1. The molecular formula is C32H34N4O2. The summed E-state index contributed by atoms with van der Waals surface area (Å²) in [5.74, 6) is -0.568. The standard InChI is InChI=1S/C32H34N4O2/c1-22-17-24(15-16-28(22)34(3)4)19-35-21-33-27-20-36(29(23(2)37)18-30(27)35)32(38)31(25-11-7-5-8-12-25)26-13-9-6-10-14-26/h5-17,21,29,31H,18-20H2,1-4H3. The fourth-order valence-corrected chi connectivity index (χ4v) is 5.56. The first-order valence-corrected chi connectivity index (χ1v) is 13.0. The molecule has 194 valence electrons. The molecule has 0 saturated carbocycles. The van der Waals surface area contributed by atoms with Gasteiger partial charge >= 0.3 is 0 Å². The van der Waals surface area contributed by atoms with Crippen LogP contribution in [0, 0.1) is 6.92 Å². The predicted octanol–water partition coefficient (Wildman–Crippen LogP) is 4.98. The van der Waals surface area contributed by atoms with Gasteiger partial charge in [-0.05, 0) is 42.2 Å². The second-order valence-corrected chi connectivity index (χ2v) is 10.3. The number of amides is 1. The molecule has 0 spiro atoms. The average molecular weight is 507 g/mol. The number of benzene rings is 3. The van der Waals surface area contributed by atoms with E-state index in [2.05, 4.69) is 34.6 Å². The number of carbonyl (C=O) groups is 2. The summed E-state index contributed by atoms with van der Waals surface area (Å²) in [4.78, 5) is 35.7. The van der Waals surface area contributed by atoms with Crippen molar-refractivity contribution in [2.24, 2.45) is 0 Å². The molecule has 1 aliphatic rings. The number of carbonyl (C=O) groups excluding carboxylic acids is 2. The zero-order chi connectivity index (χ0) is 26.8. The first-order chi connectivity index (χ1) is 18.3. The third-order valence-corrected chi connectivity index (χ3v) is 7.48. The summed E-state index contributed by atoms with van der Waals surface area (Å²) in [6.45, 7) is 4.69. The molecule has 3 aromatic carbocycles. The van der Waals surface area contributed by atoms with Crippen LogP contribution in [-0.2, 0) is 29.1 Å². The molecule has 38 heavy (non-hydrogen) atoms. The average Bonchev–Trinajstić information content (AvgIpc) is 3.30. The zero-order valence-electron chi connectivity index (χ0n) is 22.5. The molecule has 6 heteroatoms. The van der Waals surface area contributed by atoms with Gasteiger partial charge in [0.1, 0.15) is 0 Å². The lowest BCUT2D eigenvalue weighted by atomic mass is 9.88. The number of imidazole rings is 1. The molecular weight excluding hydrogens is 472 g/mol. The number of hydrogen-bond acceptors (Lipinski definition) is 4. The number of anilines is 1. The molecule has 0 aliphatic carbocycles. The molecule has 4 aromatic rings. The Morgan fingerprint density at radius 2 is 1.61 bits per heavy atom. The van der Waals surface area contributed by atoms with Crippen molar-refractivity contribution < 1.29 is 9.59 Å². The first-order valence-electron chi connectivity index (χ1n) is 13.0. The maximum atomic E-state index is 14.2. The minimum Gasteiger partial charge on any atom is -0.377 e. The number of ketones is 1. The van der Waals surface area contributed by atoms with Gasteiger partial charge in [-0.3, -0.25) is 9.59 Å². The van der Waals surface area contributed by atoms with Gasteiger partial charge in [0.05, 0.1) is 30.5 Å². The summed E-state index contributed by atoms with van der Waals surface area (Å²) in [6.07, 6.45) is 2.30. The van der Waals surface area contributed by atoms with Gasteiger partial charge in [0.15, 0.2) is 5.78 Å². The molecule has 0 fully saturated rings. The second-order valence-electron chi connectivity index (χ2n) is 10.3. The maximum Gasteiger partial charge on any atom is 0.235 e. The Kier molecular flexibility index (Phi) is 7.14. The van der Waals surface area contributed by atoms with Crippen molar-refractivity contribution in [2.45, 2.75) is 45.3 Å². The Labute approximate surface area is 224 Å². The summed E-state index contributed by atoms with van der Waals surface area (Å²) in [7, 11) is 4.09. The van der Waals surface area contributed by atoms with Gasteiger partial charge < -0.3 is 14.4 Å². The van der Waals surface area contributed by atoms with E-state index in [1.54, 1.807) is 11.8 Å². The zero-order valence-corrected chi connectivity index (χ0v) is 22.5. The molecule has 2 heterocycles. The number of Topliss-reactive ketones (excluding diaryl/α,β-unsaturated/α-hetero) is 1. The maximum absolute atomic E-state index is 14.2. The molecule has 1 atom stereocenters. The summed E-state index contributed by atoms with van der Waals surface area (Å²) in [5, 5.41) is 0. The highest BCUT2D eigenvalue weighted by molar-refractivity contribution is 5.93. The van der Waals surface area contributed by atoms with E-state index in [1.807, 2.05) is 81.1 Å². The SMILES string of the molecule is CC(=O)C1Cc2c(ncn2Cc2ccc(N(C)C)c(C)c2)CN1C(=O)C(c1ccccc1)c1ccccc1. The van der Waals surface area contributed by atoms with Gasteiger partial charge in [0.2, 0.25) is 5.91 Å². The van der Waals surface area contributed by atoms with Gasteiger partial charge in [-0.25, -0.2) is 4.98 Å². The van der Waals surface area contributed by atoms with Crippen LogP contribution in [0.2, 0.25) is 0 Å². The van der Waals surface area contributed by atoms with Crippen molar-refractivity contribution in [3.63, 3.8) is 0 Å². The summed E-state index contributed by atoms with van der Waals surface area (Å²) >= 11 is 0. The lowest BCUT2D eigenvalue weighted by Gasteiger charge is -2.36.